The molecule has 0 radical (unpaired) electrons. The van der Waals surface area contributed by atoms with Crippen LogP contribution in [0.1, 0.15) is 50.8 Å². The number of aromatic nitrogens is 1. The number of carbonyl (C=O) groups excluding carboxylic acids is 1. The van der Waals surface area contributed by atoms with Crippen LogP contribution in [0.4, 0.5) is 20.3 Å². The van der Waals surface area contributed by atoms with Gasteiger partial charge in [-0.1, -0.05) is 37.8 Å². The number of hydrogen-bond acceptors (Lipinski definition) is 7. The van der Waals surface area contributed by atoms with Crippen molar-refractivity contribution in [2.24, 2.45) is 10.7 Å². The standard InChI is InChI=1S/C31H36F2N6O2/c1-8-10-11-21(27(17(3)9-2)39-31-23(32)13-15-25(33)38-31)20(6)37-28(29(41-7)19(5)30(36)40)26-18(4)12-14-24(35)22(26)16-34/h8,10-16,34H,5,9,35H2,1-4,6-7H3,(H2,36,40)(H,38,39)/b10-8-,21-11-,27-17-,29-28+,34-16?,37-20+. The molecule has 1 amide bonds. The first kappa shape index (κ1) is 32.4. The third kappa shape index (κ3) is 7.63. The zero-order valence-electron chi connectivity index (χ0n) is 24.2. The first-order valence-corrected chi connectivity index (χ1v) is 12.8. The van der Waals surface area contributed by atoms with Gasteiger partial charge in [0.05, 0.1) is 12.7 Å². The molecule has 0 bridgehead atoms. The highest BCUT2D eigenvalue weighted by molar-refractivity contribution is 6.08. The van der Waals surface area contributed by atoms with Gasteiger partial charge < -0.3 is 26.9 Å². The largest absolute Gasteiger partial charge is 0.494 e. The van der Waals surface area contributed by atoms with Crippen LogP contribution in [0.5, 0.6) is 0 Å². The topological polar surface area (TPSA) is 139 Å². The molecule has 1 aromatic carbocycles. The lowest BCUT2D eigenvalue weighted by molar-refractivity contribution is -0.114. The summed E-state index contributed by atoms with van der Waals surface area (Å²) in [6.45, 7) is 12.9. The number of ether oxygens (including phenoxy) is 1. The van der Waals surface area contributed by atoms with E-state index in [1.807, 2.05) is 20.8 Å². The molecule has 0 atom stereocenters. The van der Waals surface area contributed by atoms with Crippen molar-refractivity contribution in [3.8, 4) is 0 Å². The minimum atomic E-state index is -0.844. The van der Waals surface area contributed by atoms with Gasteiger partial charge in [-0.3, -0.25) is 4.79 Å². The van der Waals surface area contributed by atoms with E-state index >= 15 is 0 Å². The number of nitrogens with zero attached hydrogens (tertiary/aromatic N) is 2. The fourth-order valence-corrected chi connectivity index (χ4v) is 3.92. The van der Waals surface area contributed by atoms with Gasteiger partial charge in [-0.25, -0.2) is 9.38 Å². The molecule has 0 fully saturated rings. The molecule has 8 nitrogen and oxygen atoms in total. The van der Waals surface area contributed by atoms with Crippen molar-refractivity contribution in [2.75, 3.05) is 18.2 Å². The Kier molecular flexibility index (Phi) is 11.4. The highest BCUT2D eigenvalue weighted by Gasteiger charge is 2.23. The van der Waals surface area contributed by atoms with Crippen LogP contribution in [0.3, 0.4) is 0 Å². The molecular weight excluding hydrogens is 526 g/mol. The van der Waals surface area contributed by atoms with Crippen LogP contribution in [0.25, 0.3) is 5.70 Å². The van der Waals surface area contributed by atoms with E-state index in [2.05, 4.69) is 16.9 Å². The number of nitrogens with one attached hydrogen (secondary N) is 2. The third-order valence-corrected chi connectivity index (χ3v) is 6.27. The Morgan fingerprint density at radius 3 is 2.49 bits per heavy atom. The SMILES string of the molecule is C=C(C(N)=O)\C(OC)=C(/N=C(C)/C(=C/C=C\C)C(/Nc1nc(F)ccc1F)=C(\C)CC)c1c(C)ccc(N)c1C=N. The van der Waals surface area contributed by atoms with E-state index in [0.29, 0.717) is 45.8 Å². The van der Waals surface area contributed by atoms with E-state index < -0.39 is 17.7 Å². The molecule has 1 heterocycles. The summed E-state index contributed by atoms with van der Waals surface area (Å²) in [4.78, 5) is 20.7. The van der Waals surface area contributed by atoms with Gasteiger partial charge in [-0.2, -0.15) is 9.37 Å². The average molecular weight is 563 g/mol. The molecule has 0 spiro atoms. The highest BCUT2D eigenvalue weighted by atomic mass is 19.1. The number of primary amides is 1. The number of aryl methyl sites for hydroxylation is 1. The number of nitrogens with two attached hydrogens (primary N) is 2. The van der Waals surface area contributed by atoms with E-state index in [0.717, 1.165) is 23.9 Å². The molecule has 0 aliphatic heterocycles. The van der Waals surface area contributed by atoms with Crippen LogP contribution in [0, 0.1) is 24.1 Å². The molecule has 10 heteroatoms. The van der Waals surface area contributed by atoms with Gasteiger partial charge in [0, 0.05) is 40.0 Å². The van der Waals surface area contributed by atoms with Crippen LogP contribution in [0.2, 0.25) is 0 Å². The van der Waals surface area contributed by atoms with Crippen LogP contribution in [0.15, 0.2) is 82.2 Å². The third-order valence-electron chi connectivity index (χ3n) is 6.27. The molecule has 41 heavy (non-hydrogen) atoms. The highest BCUT2D eigenvalue weighted by Crippen LogP contribution is 2.34. The summed E-state index contributed by atoms with van der Waals surface area (Å²) in [6, 6.07) is 5.34. The molecule has 2 aromatic rings. The van der Waals surface area contributed by atoms with Gasteiger partial charge in [0.25, 0.3) is 5.91 Å². The lowest BCUT2D eigenvalue weighted by Crippen LogP contribution is -2.17. The van der Waals surface area contributed by atoms with Crippen molar-refractivity contribution < 1.29 is 18.3 Å². The van der Waals surface area contributed by atoms with Gasteiger partial charge in [0.15, 0.2) is 17.4 Å². The van der Waals surface area contributed by atoms with Gasteiger partial charge in [0.2, 0.25) is 5.95 Å². The summed E-state index contributed by atoms with van der Waals surface area (Å²) in [5, 5.41) is 11.0. The van der Waals surface area contributed by atoms with Crippen molar-refractivity contribution in [1.29, 1.82) is 5.41 Å². The Balaban J connectivity index is 3.00. The molecule has 1 aromatic heterocycles. The second-order valence-electron chi connectivity index (χ2n) is 9.03. The number of allylic oxidation sites excluding steroid dienone is 5. The maximum Gasteiger partial charge on any atom is 0.251 e. The zero-order valence-corrected chi connectivity index (χ0v) is 24.2. The fourth-order valence-electron chi connectivity index (χ4n) is 3.92. The van der Waals surface area contributed by atoms with Gasteiger partial charge in [-0.15, -0.1) is 0 Å². The Morgan fingerprint density at radius 2 is 1.93 bits per heavy atom. The molecule has 2 rings (SSSR count). The molecule has 0 saturated heterocycles. The fraction of sp³-hybridized carbons (Fsp3) is 0.226. The van der Waals surface area contributed by atoms with E-state index in [4.69, 9.17) is 26.6 Å². The normalized spacial score (nSPS) is 13.5. The summed E-state index contributed by atoms with van der Waals surface area (Å²) in [7, 11) is 1.35. The van der Waals surface area contributed by atoms with Crippen molar-refractivity contribution in [3.05, 3.63) is 106 Å². The second-order valence-corrected chi connectivity index (χ2v) is 9.03. The number of carbonyl (C=O) groups is 1. The number of hydrogen-bond donors (Lipinski definition) is 4. The monoisotopic (exact) mass is 562 g/mol. The summed E-state index contributed by atoms with van der Waals surface area (Å²) in [5.41, 5.74) is 15.8. The number of pyridine rings is 1. The number of methoxy groups -OCH3 is 1. The van der Waals surface area contributed by atoms with Crippen LogP contribution in [-0.2, 0) is 9.53 Å². The molecule has 0 aliphatic carbocycles. The second kappa shape index (κ2) is 14.5. The molecule has 216 valence electrons. The first-order valence-electron chi connectivity index (χ1n) is 12.8. The maximum atomic E-state index is 14.6. The van der Waals surface area contributed by atoms with Gasteiger partial charge in [-0.05, 0) is 63.5 Å². The van der Waals surface area contributed by atoms with E-state index in [-0.39, 0.29) is 22.8 Å². The Hall–Kier alpha value is -4.86. The van der Waals surface area contributed by atoms with E-state index in [9.17, 15) is 13.6 Å². The van der Waals surface area contributed by atoms with E-state index in [1.165, 1.54) is 7.11 Å². The number of rotatable bonds is 12. The Bertz CT molecular complexity index is 1520. The Labute approximate surface area is 239 Å². The number of amides is 1. The minimum absolute atomic E-state index is 0.0115. The predicted octanol–water partition coefficient (Wildman–Crippen LogP) is 6.36. The van der Waals surface area contributed by atoms with E-state index in [1.54, 1.807) is 44.2 Å². The number of aliphatic imine (C=N–C) groups is 1. The summed E-state index contributed by atoms with van der Waals surface area (Å²) < 4.78 is 34.2. The molecule has 0 saturated carbocycles. The van der Waals surface area contributed by atoms with Crippen LogP contribution < -0.4 is 16.8 Å². The average Bonchev–Trinajstić information content (AvgIpc) is 2.94. The van der Waals surface area contributed by atoms with Crippen molar-refractivity contribution in [1.82, 2.24) is 4.98 Å². The quantitative estimate of drug-likeness (QED) is 0.0595. The summed E-state index contributed by atoms with van der Waals surface area (Å²) >= 11 is 0. The van der Waals surface area contributed by atoms with Crippen LogP contribution in [-0.4, -0.2) is 29.9 Å². The molecular formula is C31H36F2N6O2. The smallest absolute Gasteiger partial charge is 0.251 e. The lowest BCUT2D eigenvalue weighted by Gasteiger charge is -2.20. The molecule has 6 N–H and O–H groups in total. The Morgan fingerprint density at radius 1 is 1.24 bits per heavy atom. The number of nitrogen functional groups attached to an aromatic ring is 1. The number of benzene rings is 1. The zero-order chi connectivity index (χ0) is 30.9. The summed E-state index contributed by atoms with van der Waals surface area (Å²) in [6.07, 6.45) is 6.98. The van der Waals surface area contributed by atoms with Crippen molar-refractivity contribution in [2.45, 2.75) is 41.0 Å². The van der Waals surface area contributed by atoms with Crippen molar-refractivity contribution in [3.63, 3.8) is 0 Å². The maximum absolute atomic E-state index is 14.6. The molecule has 0 aliphatic rings. The minimum Gasteiger partial charge on any atom is -0.494 e. The lowest BCUT2D eigenvalue weighted by atomic mass is 9.95. The summed E-state index contributed by atoms with van der Waals surface area (Å²) in [5.74, 6) is -2.71. The molecule has 0 unspecified atom stereocenters. The number of halogens is 2. The van der Waals surface area contributed by atoms with Crippen LogP contribution >= 0.6 is 0 Å². The predicted molar refractivity (Wildman–Crippen MR) is 163 cm³/mol. The number of anilines is 2. The first-order chi connectivity index (χ1) is 19.4. The van der Waals surface area contributed by atoms with Gasteiger partial charge in [0.1, 0.15) is 5.70 Å². The van der Waals surface area contributed by atoms with Gasteiger partial charge >= 0.3 is 0 Å². The van der Waals surface area contributed by atoms with Crippen molar-refractivity contribution >= 4 is 35.0 Å².